The van der Waals surface area contributed by atoms with E-state index in [1.54, 1.807) is 24.3 Å². The predicted molar refractivity (Wildman–Crippen MR) is 179 cm³/mol. The van der Waals surface area contributed by atoms with Crippen molar-refractivity contribution >= 4 is 17.9 Å². The molecule has 2 aliphatic rings. The number of ether oxygens (including phenoxy) is 3. The SMILES string of the molecule is CCCCCC1CCC(c2ccc(C(=O)OC(COC(=O)c3ccc(OC(=O)C4CCCC4C)cc3)c3ccccc3)cc2)CC1. The highest BCUT2D eigenvalue weighted by Crippen LogP contribution is 2.38. The van der Waals surface area contributed by atoms with Crippen molar-refractivity contribution in [3.05, 3.63) is 101 Å². The second-order valence-electron chi connectivity index (χ2n) is 13.2. The summed E-state index contributed by atoms with van der Waals surface area (Å²) < 4.78 is 17.1. The molecule has 6 heteroatoms. The second kappa shape index (κ2) is 16.6. The summed E-state index contributed by atoms with van der Waals surface area (Å²) in [5.74, 6) is 0.812. The van der Waals surface area contributed by atoms with Crippen LogP contribution < -0.4 is 4.74 Å². The smallest absolute Gasteiger partial charge is 0.338 e. The predicted octanol–water partition coefficient (Wildman–Crippen LogP) is 9.64. The molecule has 0 bridgehead atoms. The van der Waals surface area contributed by atoms with Gasteiger partial charge in [-0.25, -0.2) is 9.59 Å². The zero-order valence-corrected chi connectivity index (χ0v) is 27.3. The van der Waals surface area contributed by atoms with Crippen LogP contribution in [-0.2, 0) is 14.3 Å². The molecular formula is C40H48O6. The molecule has 2 fully saturated rings. The van der Waals surface area contributed by atoms with E-state index in [0.29, 0.717) is 28.7 Å². The number of carbonyl (C=O) groups excluding carboxylic acids is 3. The number of unbranched alkanes of at least 4 members (excludes halogenated alkanes) is 2. The number of carbonyl (C=O) groups is 3. The third kappa shape index (κ3) is 9.08. The maximum Gasteiger partial charge on any atom is 0.338 e. The second-order valence-corrected chi connectivity index (χ2v) is 13.2. The molecule has 2 saturated carbocycles. The molecule has 3 atom stereocenters. The highest BCUT2D eigenvalue weighted by molar-refractivity contribution is 5.90. The quantitative estimate of drug-likeness (QED) is 0.107. The Hall–Kier alpha value is -3.93. The van der Waals surface area contributed by atoms with Crippen molar-refractivity contribution in [3.8, 4) is 5.75 Å². The van der Waals surface area contributed by atoms with Crippen molar-refractivity contribution in [2.24, 2.45) is 17.8 Å². The van der Waals surface area contributed by atoms with Gasteiger partial charge in [0.2, 0.25) is 0 Å². The van der Waals surface area contributed by atoms with Gasteiger partial charge < -0.3 is 14.2 Å². The molecule has 244 valence electrons. The van der Waals surface area contributed by atoms with Gasteiger partial charge in [0.15, 0.2) is 6.10 Å². The van der Waals surface area contributed by atoms with Gasteiger partial charge in [-0.3, -0.25) is 4.79 Å². The molecule has 0 amide bonds. The molecule has 3 unspecified atom stereocenters. The Labute approximate surface area is 273 Å². The summed E-state index contributed by atoms with van der Waals surface area (Å²) in [5.41, 5.74) is 2.81. The Balaban J connectivity index is 1.15. The van der Waals surface area contributed by atoms with Crippen molar-refractivity contribution in [2.75, 3.05) is 6.61 Å². The largest absolute Gasteiger partial charge is 0.458 e. The minimum absolute atomic E-state index is 0.0786. The molecule has 0 saturated heterocycles. The Kier molecular flexibility index (Phi) is 12.0. The highest BCUT2D eigenvalue weighted by Gasteiger charge is 2.31. The van der Waals surface area contributed by atoms with E-state index in [2.05, 4.69) is 26.0 Å². The highest BCUT2D eigenvalue weighted by atomic mass is 16.6. The zero-order valence-electron chi connectivity index (χ0n) is 27.3. The Morgan fingerprint density at radius 2 is 1.43 bits per heavy atom. The molecule has 0 aliphatic heterocycles. The first-order chi connectivity index (χ1) is 22.4. The van der Waals surface area contributed by atoms with Crippen LogP contribution in [0.4, 0.5) is 0 Å². The molecule has 6 nitrogen and oxygen atoms in total. The molecule has 5 rings (SSSR count). The zero-order chi connectivity index (χ0) is 32.3. The Morgan fingerprint density at radius 3 is 2.09 bits per heavy atom. The van der Waals surface area contributed by atoms with Crippen LogP contribution in [0.3, 0.4) is 0 Å². The molecule has 3 aromatic carbocycles. The van der Waals surface area contributed by atoms with E-state index in [0.717, 1.165) is 30.7 Å². The first-order valence-electron chi connectivity index (χ1n) is 17.3. The van der Waals surface area contributed by atoms with Gasteiger partial charge in [0.1, 0.15) is 12.4 Å². The Bertz CT molecular complexity index is 1410. The van der Waals surface area contributed by atoms with E-state index in [9.17, 15) is 14.4 Å². The molecule has 0 aromatic heterocycles. The summed E-state index contributed by atoms with van der Waals surface area (Å²) in [6.45, 7) is 4.20. The molecule has 0 heterocycles. The maximum absolute atomic E-state index is 13.2. The third-order valence-electron chi connectivity index (χ3n) is 9.94. The summed E-state index contributed by atoms with van der Waals surface area (Å²) in [7, 11) is 0. The van der Waals surface area contributed by atoms with E-state index in [1.807, 2.05) is 42.5 Å². The van der Waals surface area contributed by atoms with E-state index >= 15 is 0 Å². The molecule has 0 spiro atoms. The van der Waals surface area contributed by atoms with E-state index in [1.165, 1.54) is 56.9 Å². The molecule has 3 aromatic rings. The summed E-state index contributed by atoms with van der Waals surface area (Å²) in [4.78, 5) is 38.7. The minimum atomic E-state index is -0.769. The van der Waals surface area contributed by atoms with Crippen LogP contribution in [0.5, 0.6) is 5.75 Å². The summed E-state index contributed by atoms with van der Waals surface area (Å²) in [6, 6.07) is 23.5. The van der Waals surface area contributed by atoms with Crippen LogP contribution in [-0.4, -0.2) is 24.5 Å². The van der Waals surface area contributed by atoms with Gasteiger partial charge in [-0.1, -0.05) is 88.4 Å². The number of hydrogen-bond acceptors (Lipinski definition) is 6. The first kappa shape index (κ1) is 33.4. The summed E-state index contributed by atoms with van der Waals surface area (Å²) >= 11 is 0. The van der Waals surface area contributed by atoms with Crippen molar-refractivity contribution in [3.63, 3.8) is 0 Å². The lowest BCUT2D eigenvalue weighted by molar-refractivity contribution is -0.139. The summed E-state index contributed by atoms with van der Waals surface area (Å²) in [5, 5.41) is 0. The monoisotopic (exact) mass is 624 g/mol. The van der Waals surface area contributed by atoms with Gasteiger partial charge in [-0.15, -0.1) is 0 Å². The van der Waals surface area contributed by atoms with Crippen LogP contribution in [0.25, 0.3) is 0 Å². The first-order valence-corrected chi connectivity index (χ1v) is 17.3. The number of esters is 3. The fraction of sp³-hybridized carbons (Fsp3) is 0.475. The topological polar surface area (TPSA) is 78.9 Å². The number of benzene rings is 3. The number of hydrogen-bond donors (Lipinski definition) is 0. The van der Waals surface area contributed by atoms with Crippen molar-refractivity contribution in [2.45, 2.75) is 96.5 Å². The maximum atomic E-state index is 13.2. The van der Waals surface area contributed by atoms with Crippen LogP contribution in [0.15, 0.2) is 78.9 Å². The lowest BCUT2D eigenvalue weighted by Gasteiger charge is -2.29. The standard InChI is InChI=1S/C40H48O6/c1-3-4-6-11-29-15-17-30(18-16-29)31-19-21-34(22-20-31)39(42)46-37(32-12-7-5-8-13-32)27-44-38(41)33-23-25-35(26-24-33)45-40(43)36-14-9-10-28(36)2/h5,7-8,12-13,19-26,28-30,36-37H,3-4,6,9-11,14-18,27H2,1-2H3. The van der Waals surface area contributed by atoms with Crippen molar-refractivity contribution in [1.29, 1.82) is 0 Å². The molecule has 46 heavy (non-hydrogen) atoms. The lowest BCUT2D eigenvalue weighted by atomic mass is 9.77. The van der Waals surface area contributed by atoms with Crippen LogP contribution >= 0.6 is 0 Å². The van der Waals surface area contributed by atoms with Gasteiger partial charge in [0.25, 0.3) is 0 Å². The van der Waals surface area contributed by atoms with Gasteiger partial charge in [-0.2, -0.15) is 0 Å². The van der Waals surface area contributed by atoms with E-state index in [4.69, 9.17) is 14.2 Å². The van der Waals surface area contributed by atoms with E-state index in [-0.39, 0.29) is 18.5 Å². The van der Waals surface area contributed by atoms with Gasteiger partial charge in [0, 0.05) is 0 Å². The fourth-order valence-corrected chi connectivity index (χ4v) is 7.00. The number of rotatable bonds is 13. The Morgan fingerprint density at radius 1 is 0.761 bits per heavy atom. The lowest BCUT2D eigenvalue weighted by Crippen LogP contribution is -2.22. The fourth-order valence-electron chi connectivity index (χ4n) is 7.00. The molecule has 0 radical (unpaired) electrons. The molecule has 2 aliphatic carbocycles. The molecular weight excluding hydrogens is 576 g/mol. The average Bonchev–Trinajstić information content (AvgIpc) is 3.53. The average molecular weight is 625 g/mol. The van der Waals surface area contributed by atoms with E-state index < -0.39 is 18.0 Å². The molecule has 0 N–H and O–H groups in total. The van der Waals surface area contributed by atoms with Gasteiger partial charge in [-0.05, 0) is 104 Å². The van der Waals surface area contributed by atoms with Crippen LogP contribution in [0.2, 0.25) is 0 Å². The minimum Gasteiger partial charge on any atom is -0.458 e. The van der Waals surface area contributed by atoms with Crippen molar-refractivity contribution < 1.29 is 28.6 Å². The van der Waals surface area contributed by atoms with Gasteiger partial charge in [0.05, 0.1) is 17.0 Å². The van der Waals surface area contributed by atoms with Crippen molar-refractivity contribution in [1.82, 2.24) is 0 Å². The van der Waals surface area contributed by atoms with Crippen LogP contribution in [0.1, 0.15) is 128 Å². The van der Waals surface area contributed by atoms with Gasteiger partial charge >= 0.3 is 17.9 Å². The normalized spacial score (nSPS) is 21.7. The van der Waals surface area contributed by atoms with Crippen LogP contribution in [0, 0.1) is 17.8 Å². The summed E-state index contributed by atoms with van der Waals surface area (Å²) in [6.07, 6.45) is 12.4. The third-order valence-corrected chi connectivity index (χ3v) is 9.94.